The van der Waals surface area contributed by atoms with E-state index in [9.17, 15) is 4.79 Å². The van der Waals surface area contributed by atoms with Crippen LogP contribution in [0.4, 0.5) is 0 Å². The van der Waals surface area contributed by atoms with Crippen molar-refractivity contribution >= 4 is 5.91 Å². The van der Waals surface area contributed by atoms with Crippen molar-refractivity contribution in [2.24, 2.45) is 0 Å². The Labute approximate surface area is 99.0 Å². The number of carbonyl (C=O) groups is 1. The Morgan fingerprint density at radius 1 is 1.19 bits per heavy atom. The Balaban J connectivity index is 2.05. The lowest BCUT2D eigenvalue weighted by Gasteiger charge is -2.31. The summed E-state index contributed by atoms with van der Waals surface area (Å²) in [6.45, 7) is 7.75. The van der Waals surface area contributed by atoms with Crippen LogP contribution in [0.1, 0.15) is 26.2 Å². The first-order chi connectivity index (χ1) is 7.72. The number of carbonyl (C=O) groups excluding carboxylic acids is 1. The van der Waals surface area contributed by atoms with E-state index >= 15 is 0 Å². The molecule has 0 aliphatic carbocycles. The Bertz CT molecular complexity index is 200. The van der Waals surface area contributed by atoms with Crippen molar-refractivity contribution in [3.8, 4) is 0 Å². The van der Waals surface area contributed by atoms with E-state index in [1.54, 1.807) is 0 Å². The predicted molar refractivity (Wildman–Crippen MR) is 66.5 cm³/mol. The standard InChI is InChI=1S/C12H25N3O/c1-3-4-5-6-13-12(16)11-15-9-7-14(2)8-10-15/h3-11H2,1-2H3,(H,13,16). The molecule has 0 aromatic carbocycles. The molecule has 1 fully saturated rings. The molecule has 0 atom stereocenters. The van der Waals surface area contributed by atoms with Gasteiger partial charge in [0.15, 0.2) is 0 Å². The highest BCUT2D eigenvalue weighted by molar-refractivity contribution is 5.77. The number of nitrogens with zero attached hydrogens (tertiary/aromatic N) is 2. The lowest BCUT2D eigenvalue weighted by Crippen LogP contribution is -2.48. The number of unbranched alkanes of at least 4 members (excludes halogenated alkanes) is 2. The van der Waals surface area contributed by atoms with Crippen LogP contribution in [0.15, 0.2) is 0 Å². The molecule has 1 heterocycles. The predicted octanol–water partition coefficient (Wildman–Crippen LogP) is 0.540. The number of piperazine rings is 1. The zero-order valence-corrected chi connectivity index (χ0v) is 10.7. The van der Waals surface area contributed by atoms with Gasteiger partial charge in [0.05, 0.1) is 6.54 Å². The van der Waals surface area contributed by atoms with Gasteiger partial charge in [0.1, 0.15) is 0 Å². The third-order valence-corrected chi connectivity index (χ3v) is 3.07. The van der Waals surface area contributed by atoms with Crippen LogP contribution in [0.25, 0.3) is 0 Å². The molecule has 0 spiro atoms. The van der Waals surface area contributed by atoms with Crippen molar-refractivity contribution in [2.75, 3.05) is 46.3 Å². The number of amides is 1. The van der Waals surface area contributed by atoms with E-state index in [1.165, 1.54) is 12.8 Å². The van der Waals surface area contributed by atoms with Gasteiger partial charge in [-0.05, 0) is 13.5 Å². The summed E-state index contributed by atoms with van der Waals surface area (Å²) in [7, 11) is 2.13. The van der Waals surface area contributed by atoms with Crippen LogP contribution in [0.5, 0.6) is 0 Å². The van der Waals surface area contributed by atoms with Crippen molar-refractivity contribution in [3.05, 3.63) is 0 Å². The molecule has 1 rings (SSSR count). The molecule has 0 saturated carbocycles. The maximum atomic E-state index is 11.6. The fraction of sp³-hybridized carbons (Fsp3) is 0.917. The van der Waals surface area contributed by atoms with Gasteiger partial charge in [-0.2, -0.15) is 0 Å². The van der Waals surface area contributed by atoms with Crippen molar-refractivity contribution in [3.63, 3.8) is 0 Å². The SMILES string of the molecule is CCCCCNC(=O)CN1CCN(C)CC1. The molecule has 1 amide bonds. The molecule has 0 radical (unpaired) electrons. The number of nitrogens with one attached hydrogen (secondary N) is 1. The molecule has 0 aromatic rings. The maximum Gasteiger partial charge on any atom is 0.234 e. The monoisotopic (exact) mass is 227 g/mol. The van der Waals surface area contributed by atoms with Crippen LogP contribution >= 0.6 is 0 Å². The molecule has 0 bridgehead atoms. The molecule has 1 aliphatic heterocycles. The molecular formula is C12H25N3O. The highest BCUT2D eigenvalue weighted by atomic mass is 16.2. The van der Waals surface area contributed by atoms with E-state index in [4.69, 9.17) is 0 Å². The highest BCUT2D eigenvalue weighted by Gasteiger charge is 2.15. The van der Waals surface area contributed by atoms with Crippen LogP contribution in [0.2, 0.25) is 0 Å². The van der Waals surface area contributed by atoms with Crippen molar-refractivity contribution in [1.82, 2.24) is 15.1 Å². The quantitative estimate of drug-likeness (QED) is 0.673. The third-order valence-electron chi connectivity index (χ3n) is 3.07. The second-order valence-corrected chi connectivity index (χ2v) is 4.64. The first-order valence-electron chi connectivity index (χ1n) is 6.40. The average Bonchev–Trinajstić information content (AvgIpc) is 2.28. The van der Waals surface area contributed by atoms with Crippen LogP contribution in [-0.4, -0.2) is 62.0 Å². The Morgan fingerprint density at radius 3 is 2.50 bits per heavy atom. The number of hydrogen-bond acceptors (Lipinski definition) is 3. The zero-order valence-electron chi connectivity index (χ0n) is 10.7. The molecule has 0 aromatic heterocycles. The van der Waals surface area contributed by atoms with E-state index in [2.05, 4.69) is 29.1 Å². The Morgan fingerprint density at radius 2 is 1.88 bits per heavy atom. The molecule has 1 aliphatic rings. The second-order valence-electron chi connectivity index (χ2n) is 4.64. The summed E-state index contributed by atoms with van der Waals surface area (Å²) in [4.78, 5) is 16.1. The summed E-state index contributed by atoms with van der Waals surface area (Å²) in [5.41, 5.74) is 0. The van der Waals surface area contributed by atoms with Crippen LogP contribution in [0.3, 0.4) is 0 Å². The lowest BCUT2D eigenvalue weighted by molar-refractivity contribution is -0.122. The topological polar surface area (TPSA) is 35.6 Å². The van der Waals surface area contributed by atoms with Gasteiger partial charge in [-0.15, -0.1) is 0 Å². The van der Waals surface area contributed by atoms with Gasteiger partial charge in [-0.3, -0.25) is 9.69 Å². The van der Waals surface area contributed by atoms with Gasteiger partial charge in [0.2, 0.25) is 5.91 Å². The molecule has 1 saturated heterocycles. The minimum Gasteiger partial charge on any atom is -0.355 e. The van der Waals surface area contributed by atoms with Crippen LogP contribution in [0, 0.1) is 0 Å². The third kappa shape index (κ3) is 5.47. The molecular weight excluding hydrogens is 202 g/mol. The van der Waals surface area contributed by atoms with E-state index in [1.807, 2.05) is 0 Å². The van der Waals surface area contributed by atoms with E-state index in [0.29, 0.717) is 6.54 Å². The van der Waals surface area contributed by atoms with E-state index < -0.39 is 0 Å². The fourth-order valence-electron chi connectivity index (χ4n) is 1.87. The molecule has 16 heavy (non-hydrogen) atoms. The van der Waals surface area contributed by atoms with E-state index in [0.717, 1.165) is 39.1 Å². The number of likely N-dealkylation sites (N-methyl/N-ethyl adjacent to an activating group) is 1. The largest absolute Gasteiger partial charge is 0.355 e. The number of hydrogen-bond donors (Lipinski definition) is 1. The van der Waals surface area contributed by atoms with Gasteiger partial charge in [-0.1, -0.05) is 19.8 Å². The second kappa shape index (κ2) is 7.63. The van der Waals surface area contributed by atoms with Gasteiger partial charge < -0.3 is 10.2 Å². The summed E-state index contributed by atoms with van der Waals surface area (Å²) in [5.74, 6) is 0.181. The Kier molecular flexibility index (Phi) is 6.42. The summed E-state index contributed by atoms with van der Waals surface area (Å²) >= 11 is 0. The average molecular weight is 227 g/mol. The van der Waals surface area contributed by atoms with E-state index in [-0.39, 0.29) is 5.91 Å². The molecule has 94 valence electrons. The van der Waals surface area contributed by atoms with Gasteiger partial charge in [-0.25, -0.2) is 0 Å². The fourth-order valence-corrected chi connectivity index (χ4v) is 1.87. The zero-order chi connectivity index (χ0) is 11.8. The first-order valence-corrected chi connectivity index (χ1v) is 6.40. The van der Waals surface area contributed by atoms with Crippen LogP contribution < -0.4 is 5.32 Å². The summed E-state index contributed by atoms with van der Waals surface area (Å²) in [6.07, 6.45) is 3.51. The lowest BCUT2D eigenvalue weighted by atomic mass is 10.2. The number of rotatable bonds is 6. The van der Waals surface area contributed by atoms with Gasteiger partial charge in [0.25, 0.3) is 0 Å². The molecule has 1 N–H and O–H groups in total. The highest BCUT2D eigenvalue weighted by Crippen LogP contribution is 1.98. The normalized spacial score (nSPS) is 18.6. The van der Waals surface area contributed by atoms with Gasteiger partial charge in [0, 0.05) is 32.7 Å². The molecule has 0 unspecified atom stereocenters. The van der Waals surface area contributed by atoms with Crippen molar-refractivity contribution < 1.29 is 4.79 Å². The molecule has 4 nitrogen and oxygen atoms in total. The maximum absolute atomic E-state index is 11.6. The summed E-state index contributed by atoms with van der Waals surface area (Å²) in [5, 5.41) is 2.98. The molecule has 4 heteroatoms. The summed E-state index contributed by atoms with van der Waals surface area (Å²) < 4.78 is 0. The Hall–Kier alpha value is -0.610. The van der Waals surface area contributed by atoms with Crippen molar-refractivity contribution in [1.29, 1.82) is 0 Å². The first kappa shape index (κ1) is 13.5. The van der Waals surface area contributed by atoms with Crippen LogP contribution in [-0.2, 0) is 4.79 Å². The van der Waals surface area contributed by atoms with Gasteiger partial charge >= 0.3 is 0 Å². The van der Waals surface area contributed by atoms with Crippen molar-refractivity contribution in [2.45, 2.75) is 26.2 Å². The minimum absolute atomic E-state index is 0.181. The minimum atomic E-state index is 0.181. The smallest absolute Gasteiger partial charge is 0.234 e. The summed E-state index contributed by atoms with van der Waals surface area (Å²) in [6, 6.07) is 0.